The number of rotatable bonds is 4. The monoisotopic (exact) mass is 298 g/mol. The Labute approximate surface area is 116 Å². The molecular weight excluding hydrogens is 284 g/mol. The molecule has 1 aromatic carbocycles. The Morgan fingerprint density at radius 3 is 2.50 bits per heavy atom. The zero-order valence-electron chi connectivity index (χ0n) is 11.0. The maximum Gasteiger partial charge on any atom is 0.360 e. The number of carbonyl (C=O) groups excluding carboxylic acids is 1. The Morgan fingerprint density at radius 2 is 1.95 bits per heavy atom. The Bertz CT molecular complexity index is 650. The first-order chi connectivity index (χ1) is 9.43. The molecule has 2 heterocycles. The third-order valence-corrected chi connectivity index (χ3v) is 5.62. The molecule has 0 spiro atoms. The molecule has 2 fully saturated rings. The SMILES string of the molecule is CCO[C@H]1OC(=O)[C@]2(S(=O)(=O)c3ccc(C)cc3)O[C@H]12. The van der Waals surface area contributed by atoms with Crippen molar-refractivity contribution in [3.05, 3.63) is 29.8 Å². The second kappa shape index (κ2) is 4.28. The molecule has 2 saturated heterocycles. The molecule has 7 heteroatoms. The van der Waals surface area contributed by atoms with E-state index >= 15 is 0 Å². The molecule has 0 aromatic heterocycles. The van der Waals surface area contributed by atoms with Crippen LogP contribution in [0.5, 0.6) is 0 Å². The van der Waals surface area contributed by atoms with Crippen molar-refractivity contribution in [2.75, 3.05) is 6.61 Å². The fraction of sp³-hybridized carbons (Fsp3) is 0.462. The minimum absolute atomic E-state index is 0.0414. The average Bonchev–Trinajstić information content (AvgIpc) is 3.10. The minimum Gasteiger partial charge on any atom is -0.430 e. The van der Waals surface area contributed by atoms with E-state index in [9.17, 15) is 13.2 Å². The predicted octanol–water partition coefficient (Wildman–Crippen LogP) is 0.783. The first-order valence-electron chi connectivity index (χ1n) is 6.25. The van der Waals surface area contributed by atoms with Crippen LogP contribution >= 0.6 is 0 Å². The number of hydrogen-bond donors (Lipinski definition) is 0. The number of esters is 1. The Kier molecular flexibility index (Phi) is 2.89. The summed E-state index contributed by atoms with van der Waals surface area (Å²) >= 11 is 0. The molecule has 2 aliphatic heterocycles. The van der Waals surface area contributed by atoms with Crippen LogP contribution < -0.4 is 0 Å². The van der Waals surface area contributed by atoms with Gasteiger partial charge in [0.1, 0.15) is 0 Å². The van der Waals surface area contributed by atoms with Crippen LogP contribution in [-0.4, -0.2) is 38.3 Å². The molecule has 0 saturated carbocycles. The summed E-state index contributed by atoms with van der Waals surface area (Å²) in [4.78, 5) is 10.0. The van der Waals surface area contributed by atoms with E-state index in [1.54, 1.807) is 19.1 Å². The lowest BCUT2D eigenvalue weighted by Crippen LogP contribution is -2.33. The fourth-order valence-electron chi connectivity index (χ4n) is 2.31. The lowest BCUT2D eigenvalue weighted by molar-refractivity contribution is -0.179. The lowest BCUT2D eigenvalue weighted by Gasteiger charge is -2.11. The van der Waals surface area contributed by atoms with Crippen molar-refractivity contribution in [3.8, 4) is 0 Å². The third-order valence-electron chi connectivity index (χ3n) is 3.44. The molecule has 6 nitrogen and oxygen atoms in total. The zero-order valence-corrected chi connectivity index (χ0v) is 11.8. The molecule has 20 heavy (non-hydrogen) atoms. The van der Waals surface area contributed by atoms with Crippen LogP contribution in [-0.2, 0) is 28.8 Å². The topological polar surface area (TPSA) is 82.2 Å². The Hall–Kier alpha value is -1.44. The van der Waals surface area contributed by atoms with Crippen molar-refractivity contribution in [3.63, 3.8) is 0 Å². The number of fused-ring (bicyclic) bond motifs is 1. The number of epoxide rings is 1. The standard InChI is InChI=1S/C13H14O6S/c1-3-17-11-10-13(19-10,12(14)18-11)20(15,16)9-6-4-8(2)5-7-9/h4-7,10-11H,3H2,1-2H3/t10-,11+,13+/m1/s1. The summed E-state index contributed by atoms with van der Waals surface area (Å²) in [7, 11) is -3.96. The molecule has 0 aliphatic carbocycles. The van der Waals surface area contributed by atoms with Gasteiger partial charge in [-0.1, -0.05) is 17.7 Å². The summed E-state index contributed by atoms with van der Waals surface area (Å²) < 4.78 is 40.5. The van der Waals surface area contributed by atoms with E-state index < -0.39 is 33.1 Å². The van der Waals surface area contributed by atoms with E-state index in [2.05, 4.69) is 0 Å². The highest BCUT2D eigenvalue weighted by Gasteiger charge is 2.81. The van der Waals surface area contributed by atoms with E-state index in [-0.39, 0.29) is 4.90 Å². The van der Waals surface area contributed by atoms with Gasteiger partial charge in [0, 0.05) is 6.61 Å². The van der Waals surface area contributed by atoms with Gasteiger partial charge in [-0.3, -0.25) is 0 Å². The number of sulfone groups is 1. The van der Waals surface area contributed by atoms with E-state index in [4.69, 9.17) is 14.2 Å². The van der Waals surface area contributed by atoms with Gasteiger partial charge in [0.25, 0.3) is 0 Å². The van der Waals surface area contributed by atoms with Gasteiger partial charge in [0.15, 0.2) is 6.10 Å². The van der Waals surface area contributed by atoms with Gasteiger partial charge in [-0.2, -0.15) is 0 Å². The number of carbonyl (C=O) groups is 1. The maximum atomic E-state index is 12.6. The Morgan fingerprint density at radius 1 is 1.30 bits per heavy atom. The normalized spacial score (nSPS) is 31.8. The molecule has 1 aromatic rings. The largest absolute Gasteiger partial charge is 0.430 e. The van der Waals surface area contributed by atoms with Gasteiger partial charge >= 0.3 is 10.9 Å². The predicted molar refractivity (Wildman–Crippen MR) is 67.5 cm³/mol. The zero-order chi connectivity index (χ0) is 14.5. The highest BCUT2D eigenvalue weighted by atomic mass is 32.2. The average molecular weight is 298 g/mol. The number of cyclic esters (lactones) is 1. The van der Waals surface area contributed by atoms with Crippen molar-refractivity contribution in [1.82, 2.24) is 0 Å². The molecule has 3 rings (SSSR count). The van der Waals surface area contributed by atoms with Gasteiger partial charge in [-0.25, -0.2) is 13.2 Å². The molecule has 0 amide bonds. The van der Waals surface area contributed by atoms with E-state index in [0.717, 1.165) is 5.56 Å². The first-order valence-corrected chi connectivity index (χ1v) is 7.73. The number of aryl methyl sites for hydroxylation is 1. The van der Waals surface area contributed by atoms with Crippen LogP contribution in [0, 0.1) is 6.92 Å². The van der Waals surface area contributed by atoms with Gasteiger partial charge < -0.3 is 14.2 Å². The van der Waals surface area contributed by atoms with Crippen LogP contribution in [0.4, 0.5) is 0 Å². The summed E-state index contributed by atoms with van der Waals surface area (Å²) in [5.41, 5.74) is 0.927. The smallest absolute Gasteiger partial charge is 0.360 e. The number of hydrogen-bond acceptors (Lipinski definition) is 6. The number of ether oxygens (including phenoxy) is 3. The molecule has 0 unspecified atom stereocenters. The van der Waals surface area contributed by atoms with Gasteiger partial charge in [0.05, 0.1) is 4.90 Å². The minimum atomic E-state index is -3.96. The van der Waals surface area contributed by atoms with Gasteiger partial charge in [-0.15, -0.1) is 0 Å². The van der Waals surface area contributed by atoms with E-state index in [0.29, 0.717) is 6.61 Å². The third kappa shape index (κ3) is 1.63. The van der Waals surface area contributed by atoms with Crippen molar-refractivity contribution in [1.29, 1.82) is 0 Å². The highest BCUT2D eigenvalue weighted by molar-refractivity contribution is 7.93. The molecule has 0 bridgehead atoms. The molecule has 2 aliphatic rings. The fourth-order valence-corrected chi connectivity index (χ4v) is 4.07. The van der Waals surface area contributed by atoms with Crippen molar-refractivity contribution >= 4 is 15.8 Å². The molecule has 0 N–H and O–H groups in total. The summed E-state index contributed by atoms with van der Waals surface area (Å²) in [5.74, 6) is -0.901. The van der Waals surface area contributed by atoms with Crippen molar-refractivity contribution in [2.45, 2.75) is 36.1 Å². The number of benzene rings is 1. The van der Waals surface area contributed by atoms with Gasteiger partial charge in [0.2, 0.25) is 16.1 Å². The lowest BCUT2D eigenvalue weighted by atomic mass is 10.2. The maximum absolute atomic E-state index is 12.6. The quantitative estimate of drug-likeness (QED) is 0.603. The highest BCUT2D eigenvalue weighted by Crippen LogP contribution is 2.53. The van der Waals surface area contributed by atoms with E-state index in [1.165, 1.54) is 12.1 Å². The second-order valence-corrected chi connectivity index (χ2v) is 6.84. The molecular formula is C13H14O6S. The van der Waals surface area contributed by atoms with Crippen LogP contribution in [0.2, 0.25) is 0 Å². The van der Waals surface area contributed by atoms with E-state index in [1.807, 2.05) is 6.92 Å². The van der Waals surface area contributed by atoms with Crippen molar-refractivity contribution < 1.29 is 27.4 Å². The molecule has 0 radical (unpaired) electrons. The second-order valence-electron chi connectivity index (χ2n) is 4.75. The summed E-state index contributed by atoms with van der Waals surface area (Å²) in [6, 6.07) is 6.25. The van der Waals surface area contributed by atoms with Gasteiger partial charge in [-0.05, 0) is 26.0 Å². The summed E-state index contributed by atoms with van der Waals surface area (Å²) in [6.45, 7) is 3.88. The first kappa shape index (κ1) is 13.5. The van der Waals surface area contributed by atoms with Crippen LogP contribution in [0.1, 0.15) is 12.5 Å². The van der Waals surface area contributed by atoms with Crippen LogP contribution in [0.3, 0.4) is 0 Å². The molecule has 108 valence electrons. The van der Waals surface area contributed by atoms with Crippen LogP contribution in [0.25, 0.3) is 0 Å². The molecule has 3 atom stereocenters. The van der Waals surface area contributed by atoms with Crippen molar-refractivity contribution in [2.24, 2.45) is 0 Å². The summed E-state index contributed by atoms with van der Waals surface area (Å²) in [6.07, 6.45) is -1.84. The Balaban J connectivity index is 1.97. The summed E-state index contributed by atoms with van der Waals surface area (Å²) in [5, 5.41) is 0. The van der Waals surface area contributed by atoms with Crippen LogP contribution in [0.15, 0.2) is 29.2 Å².